The van der Waals surface area contributed by atoms with Crippen molar-refractivity contribution in [3.05, 3.63) is 35.9 Å². The van der Waals surface area contributed by atoms with Gasteiger partial charge in [0.2, 0.25) is 5.95 Å². The first-order valence-electron chi connectivity index (χ1n) is 8.62. The van der Waals surface area contributed by atoms with Gasteiger partial charge in [0.1, 0.15) is 0 Å². The van der Waals surface area contributed by atoms with Gasteiger partial charge in [-0.25, -0.2) is 9.97 Å². The zero-order valence-corrected chi connectivity index (χ0v) is 15.1. The van der Waals surface area contributed by atoms with E-state index in [1.54, 1.807) is 12.4 Å². The van der Waals surface area contributed by atoms with E-state index in [4.69, 9.17) is 10.7 Å². The van der Waals surface area contributed by atoms with Crippen molar-refractivity contribution < 1.29 is 0 Å². The van der Waals surface area contributed by atoms with E-state index in [0.717, 1.165) is 35.6 Å². The van der Waals surface area contributed by atoms with E-state index in [-0.39, 0.29) is 0 Å². The first kappa shape index (κ1) is 16.8. The molecule has 5 heteroatoms. The molecular weight excluding hydrogens is 298 g/mol. The van der Waals surface area contributed by atoms with Gasteiger partial charge in [-0.05, 0) is 49.4 Å². The van der Waals surface area contributed by atoms with Crippen LogP contribution >= 0.6 is 0 Å². The molecule has 2 N–H and O–H groups in total. The highest BCUT2D eigenvalue weighted by molar-refractivity contribution is 5.62. The van der Waals surface area contributed by atoms with Gasteiger partial charge >= 0.3 is 0 Å². The third kappa shape index (κ3) is 3.90. The summed E-state index contributed by atoms with van der Waals surface area (Å²) in [6, 6.07) is 4.67. The van der Waals surface area contributed by atoms with Crippen molar-refractivity contribution in [1.82, 2.24) is 19.9 Å². The minimum Gasteiger partial charge on any atom is -0.368 e. The highest BCUT2D eigenvalue weighted by atomic mass is 15.2. The number of hydrogen-bond acceptors (Lipinski definition) is 5. The van der Waals surface area contributed by atoms with Crippen LogP contribution in [0, 0.1) is 12.3 Å². The predicted octanol–water partition coefficient (Wildman–Crippen LogP) is 3.61. The van der Waals surface area contributed by atoms with E-state index in [1.807, 2.05) is 6.92 Å². The Bertz CT molecular complexity index is 703. The smallest absolute Gasteiger partial charge is 0.219 e. The van der Waals surface area contributed by atoms with Crippen LogP contribution in [0.1, 0.15) is 51.0 Å². The molecule has 0 amide bonds. The Kier molecular flexibility index (Phi) is 4.54. The van der Waals surface area contributed by atoms with E-state index in [2.05, 4.69) is 47.8 Å². The number of aryl methyl sites for hydroxylation is 1. The Morgan fingerprint density at radius 3 is 2.54 bits per heavy atom. The van der Waals surface area contributed by atoms with Crippen molar-refractivity contribution in [3.8, 4) is 11.1 Å². The Morgan fingerprint density at radius 2 is 1.88 bits per heavy atom. The lowest BCUT2D eigenvalue weighted by Crippen LogP contribution is -2.32. The van der Waals surface area contributed by atoms with Gasteiger partial charge in [0, 0.05) is 30.2 Å². The largest absolute Gasteiger partial charge is 0.368 e. The van der Waals surface area contributed by atoms with Crippen LogP contribution in [0.25, 0.3) is 11.1 Å². The van der Waals surface area contributed by atoms with E-state index >= 15 is 0 Å². The molecule has 0 spiro atoms. The molecule has 1 unspecified atom stereocenters. The van der Waals surface area contributed by atoms with Crippen LogP contribution in [0.2, 0.25) is 0 Å². The topological polar surface area (TPSA) is 67.9 Å². The molecule has 0 bridgehead atoms. The second-order valence-electron chi connectivity index (χ2n) is 7.94. The molecule has 2 aromatic heterocycles. The SMILES string of the molecule is Cc1cc(-c2cnc(N)nc2)cc(C2CCCN2CC(C)(C)C)n1. The second-order valence-corrected chi connectivity index (χ2v) is 7.94. The molecule has 2 aromatic rings. The molecular formula is C19H27N5. The zero-order chi connectivity index (χ0) is 17.3. The van der Waals surface area contributed by atoms with Gasteiger partial charge in [-0.15, -0.1) is 0 Å². The monoisotopic (exact) mass is 325 g/mol. The van der Waals surface area contributed by atoms with Gasteiger partial charge in [0.05, 0.1) is 11.7 Å². The molecule has 0 saturated carbocycles. The molecule has 128 valence electrons. The maximum Gasteiger partial charge on any atom is 0.219 e. The number of nitrogens with two attached hydrogens (primary N) is 1. The van der Waals surface area contributed by atoms with Gasteiger partial charge in [-0.1, -0.05) is 20.8 Å². The third-order valence-electron chi connectivity index (χ3n) is 4.36. The number of hydrogen-bond donors (Lipinski definition) is 1. The lowest BCUT2D eigenvalue weighted by molar-refractivity contribution is 0.176. The number of pyridine rings is 1. The molecule has 1 atom stereocenters. The van der Waals surface area contributed by atoms with Crippen LogP contribution < -0.4 is 5.73 Å². The summed E-state index contributed by atoms with van der Waals surface area (Å²) in [5, 5.41) is 0. The second kappa shape index (κ2) is 6.48. The fourth-order valence-electron chi connectivity index (χ4n) is 3.48. The normalized spacial score (nSPS) is 18.9. The van der Waals surface area contributed by atoms with Gasteiger partial charge in [-0.2, -0.15) is 0 Å². The molecule has 0 radical (unpaired) electrons. The van der Waals surface area contributed by atoms with Gasteiger partial charge < -0.3 is 5.73 Å². The lowest BCUT2D eigenvalue weighted by atomic mass is 9.95. The average molecular weight is 325 g/mol. The van der Waals surface area contributed by atoms with Crippen LogP contribution in [0.3, 0.4) is 0 Å². The van der Waals surface area contributed by atoms with Gasteiger partial charge in [0.25, 0.3) is 0 Å². The Balaban J connectivity index is 1.92. The van der Waals surface area contributed by atoms with Crippen molar-refractivity contribution >= 4 is 5.95 Å². The summed E-state index contributed by atoms with van der Waals surface area (Å²) in [4.78, 5) is 15.6. The number of anilines is 1. The van der Waals surface area contributed by atoms with E-state index < -0.39 is 0 Å². The molecule has 0 aliphatic carbocycles. The number of nitrogen functional groups attached to an aromatic ring is 1. The highest BCUT2D eigenvalue weighted by Crippen LogP contribution is 2.35. The minimum absolute atomic E-state index is 0.292. The summed E-state index contributed by atoms with van der Waals surface area (Å²) in [6.45, 7) is 11.2. The summed E-state index contributed by atoms with van der Waals surface area (Å²) in [5.41, 5.74) is 10.2. The van der Waals surface area contributed by atoms with Crippen LogP contribution in [0.4, 0.5) is 5.95 Å². The fourth-order valence-corrected chi connectivity index (χ4v) is 3.48. The van der Waals surface area contributed by atoms with Crippen LogP contribution in [0.5, 0.6) is 0 Å². The first-order valence-corrected chi connectivity index (χ1v) is 8.62. The van der Waals surface area contributed by atoms with Crippen molar-refractivity contribution in [2.75, 3.05) is 18.8 Å². The number of aromatic nitrogens is 3. The fraction of sp³-hybridized carbons (Fsp3) is 0.526. The summed E-state index contributed by atoms with van der Waals surface area (Å²) in [7, 11) is 0. The summed E-state index contributed by atoms with van der Waals surface area (Å²) in [5.74, 6) is 0.303. The van der Waals surface area contributed by atoms with Crippen LogP contribution in [-0.4, -0.2) is 32.9 Å². The molecule has 5 nitrogen and oxygen atoms in total. The van der Waals surface area contributed by atoms with Gasteiger partial charge in [0.15, 0.2) is 0 Å². The van der Waals surface area contributed by atoms with E-state index in [0.29, 0.717) is 17.4 Å². The van der Waals surface area contributed by atoms with Crippen molar-refractivity contribution in [2.24, 2.45) is 5.41 Å². The molecule has 3 heterocycles. The van der Waals surface area contributed by atoms with E-state index in [1.165, 1.54) is 12.8 Å². The minimum atomic E-state index is 0.292. The third-order valence-corrected chi connectivity index (χ3v) is 4.36. The summed E-state index contributed by atoms with van der Waals surface area (Å²) in [6.07, 6.45) is 5.96. The predicted molar refractivity (Wildman–Crippen MR) is 97.4 cm³/mol. The maximum absolute atomic E-state index is 5.60. The summed E-state index contributed by atoms with van der Waals surface area (Å²) < 4.78 is 0. The maximum atomic E-state index is 5.60. The number of rotatable bonds is 3. The molecule has 1 fully saturated rings. The summed E-state index contributed by atoms with van der Waals surface area (Å²) >= 11 is 0. The lowest BCUT2D eigenvalue weighted by Gasteiger charge is -2.31. The van der Waals surface area contributed by atoms with E-state index in [9.17, 15) is 0 Å². The molecule has 0 aromatic carbocycles. The first-order chi connectivity index (χ1) is 11.3. The molecule has 1 saturated heterocycles. The Morgan fingerprint density at radius 1 is 1.17 bits per heavy atom. The Hall–Kier alpha value is -2.01. The molecule has 1 aliphatic heterocycles. The number of likely N-dealkylation sites (tertiary alicyclic amines) is 1. The Labute approximate surface area is 144 Å². The standard InChI is InChI=1S/C19H27N5/c1-13-8-14(15-10-21-18(20)22-11-15)9-16(23-13)17-6-5-7-24(17)12-19(2,3)4/h8-11,17H,5-7,12H2,1-4H3,(H2,20,21,22). The number of nitrogens with zero attached hydrogens (tertiary/aromatic N) is 4. The zero-order valence-electron chi connectivity index (χ0n) is 15.1. The molecule has 1 aliphatic rings. The molecule has 3 rings (SSSR count). The van der Waals surface area contributed by atoms with Crippen molar-refractivity contribution in [2.45, 2.75) is 46.6 Å². The van der Waals surface area contributed by atoms with Crippen LogP contribution in [-0.2, 0) is 0 Å². The molecule has 24 heavy (non-hydrogen) atoms. The van der Waals surface area contributed by atoms with Crippen molar-refractivity contribution in [3.63, 3.8) is 0 Å². The average Bonchev–Trinajstić information content (AvgIpc) is 2.93. The van der Waals surface area contributed by atoms with Crippen molar-refractivity contribution in [1.29, 1.82) is 0 Å². The van der Waals surface area contributed by atoms with Gasteiger partial charge in [-0.3, -0.25) is 9.88 Å². The van der Waals surface area contributed by atoms with Crippen LogP contribution in [0.15, 0.2) is 24.5 Å². The quantitative estimate of drug-likeness (QED) is 0.933. The highest BCUT2D eigenvalue weighted by Gasteiger charge is 2.30.